The number of amides is 1. The molecule has 2 aliphatic carbocycles. The summed E-state index contributed by atoms with van der Waals surface area (Å²) >= 11 is 0. The molecule has 9 rings (SSSR count). The Morgan fingerprint density at radius 2 is 1.32 bits per heavy atom. The summed E-state index contributed by atoms with van der Waals surface area (Å²) < 4.78 is 85.1. The molecule has 5 N–H and O–H groups in total. The van der Waals surface area contributed by atoms with Gasteiger partial charge >= 0.3 is 11.9 Å². The first-order valence-corrected chi connectivity index (χ1v) is 47.5. The number of aryl methyl sites for hydroxylation is 1. The number of anilines is 1. The number of aliphatic hydroxyl groups excluding tert-OH is 1. The molecule has 31 heteroatoms. The van der Waals surface area contributed by atoms with E-state index in [4.69, 9.17) is 81.8 Å². The van der Waals surface area contributed by atoms with Gasteiger partial charge in [0.05, 0.1) is 103 Å². The summed E-state index contributed by atoms with van der Waals surface area (Å²) in [5.41, 5.74) is 12.2. The van der Waals surface area contributed by atoms with Gasteiger partial charge in [-0.2, -0.15) is 5.10 Å². The maximum atomic E-state index is 14.5. The van der Waals surface area contributed by atoms with Gasteiger partial charge in [-0.3, -0.25) is 28.8 Å². The lowest BCUT2D eigenvalue weighted by Crippen LogP contribution is -2.61. The molecule has 0 unspecified atom stereocenters. The summed E-state index contributed by atoms with van der Waals surface area (Å²) in [7, 11) is 7.76. The molecule has 4 aromatic rings. The molecule has 1 amide bonds. The maximum absolute atomic E-state index is 14.5. The van der Waals surface area contributed by atoms with Gasteiger partial charge in [-0.05, 0) is 177 Å². The number of aromatic amines is 1. The van der Waals surface area contributed by atoms with Crippen LogP contribution in [0.15, 0.2) is 78.2 Å². The van der Waals surface area contributed by atoms with Crippen molar-refractivity contribution in [3.63, 3.8) is 0 Å². The Morgan fingerprint density at radius 1 is 0.685 bits per heavy atom. The number of aromatic nitrogens is 5. The highest BCUT2D eigenvalue weighted by atomic mass is 16.6. The number of aliphatic hydroxyl groups is 2. The van der Waals surface area contributed by atoms with Crippen molar-refractivity contribution in [1.82, 2.24) is 29.5 Å². The third kappa shape index (κ3) is 34.8. The van der Waals surface area contributed by atoms with Crippen LogP contribution in [0.4, 0.5) is 5.82 Å². The van der Waals surface area contributed by atoms with Crippen LogP contribution in [0, 0.1) is 48.3 Å². The summed E-state index contributed by atoms with van der Waals surface area (Å²) in [6.45, 7) is 28.8. The number of H-pyrrole nitrogens is 1. The zero-order chi connectivity index (χ0) is 94.5. The topological polar surface area (TPSA) is 387 Å². The monoisotopic (exact) mass is 1830 g/mol. The first-order chi connectivity index (χ1) is 62.7. The fraction of sp³-hybridized carbons (Fsp3) is 0.717. The number of para-hydroxylation sites is 1. The quantitative estimate of drug-likeness (QED) is 0.0139. The van der Waals surface area contributed by atoms with Gasteiger partial charge in [0.15, 0.2) is 11.6 Å². The second kappa shape index (κ2) is 59.3. The highest BCUT2D eigenvalue weighted by Gasteiger charge is 2.53. The number of piperidine rings is 1. The minimum atomic E-state index is -2.45. The molecule has 6 heterocycles. The Balaban J connectivity index is 0.000000325. The molecular weight excluding hydrogens is 1670 g/mol. The van der Waals surface area contributed by atoms with Crippen LogP contribution in [0.25, 0.3) is 27.8 Å². The SMILES string of the molecule is CCCOCCOCCOCCOCCOCCOCCC.COCCCC(=O)O[C@@H]1CC[C@@H](C[C@@H](C)[C@@H]2CC(=O)[C@H](C)/C=C(\C)[C@@H](O)[C@@H](OC)C(=O)[C@H](C)C[C@H](C)/C=C/C=C/C=C(\C)[C@@H](OC)C[C@@H]3CC[C@@H](C)[C@@](O)(O3)C(=O)C(=O)N3CCCC[C@H]3C(=O)O2)C[C@H]1OC.COCCOCCCC(=O)C1CCC(c2nc(-c3cc4cccc(C)c4[nH]3)c3c(N)ncnn23)CC1. The fourth-order valence-electron chi connectivity index (χ4n) is 17.6. The summed E-state index contributed by atoms with van der Waals surface area (Å²) in [5, 5.41) is 29.2. The van der Waals surface area contributed by atoms with E-state index >= 15 is 0 Å². The van der Waals surface area contributed by atoms with Crippen LogP contribution in [0.3, 0.4) is 0 Å². The Kier molecular flexibility index (Phi) is 50.0. The lowest BCUT2D eigenvalue weighted by molar-refractivity contribution is -0.265. The van der Waals surface area contributed by atoms with Crippen LogP contribution in [-0.4, -0.2) is 283 Å². The van der Waals surface area contributed by atoms with Crippen LogP contribution < -0.4 is 5.73 Å². The molecule has 1 aromatic carbocycles. The first kappa shape index (κ1) is 110. The third-order valence-electron chi connectivity index (χ3n) is 25.3. The number of rotatable bonds is 40. The Hall–Kier alpha value is -7.44. The number of cyclic esters (lactones) is 1. The van der Waals surface area contributed by atoms with E-state index < -0.39 is 83.9 Å². The first-order valence-electron chi connectivity index (χ1n) is 47.5. The van der Waals surface area contributed by atoms with E-state index in [2.05, 4.69) is 60.1 Å². The number of nitrogens with one attached hydrogen (secondary N) is 1. The molecule has 3 aliphatic heterocycles. The number of esters is 2. The van der Waals surface area contributed by atoms with Crippen molar-refractivity contribution >= 4 is 63.2 Å². The minimum absolute atomic E-state index is 0.00669. The Labute approximate surface area is 770 Å². The van der Waals surface area contributed by atoms with Crippen molar-refractivity contribution < 1.29 is 115 Å². The number of methoxy groups -OCH3 is 5. The number of nitrogens with zero attached hydrogens (tertiary/aromatic N) is 5. The number of ketones is 4. The number of nitrogen functional groups attached to an aromatic ring is 1. The molecular formula is C99H155N7O24. The van der Waals surface area contributed by atoms with Gasteiger partial charge in [-0.25, -0.2) is 19.3 Å². The second-order valence-electron chi connectivity index (χ2n) is 35.5. The second-order valence-corrected chi connectivity index (χ2v) is 35.5. The predicted octanol–water partition coefficient (Wildman–Crippen LogP) is 13.5. The summed E-state index contributed by atoms with van der Waals surface area (Å²) in [6.07, 6.45) is 20.2. The van der Waals surface area contributed by atoms with Crippen molar-refractivity contribution in [3.05, 3.63) is 89.6 Å². The summed E-state index contributed by atoms with van der Waals surface area (Å²) in [6, 6.07) is 7.17. The van der Waals surface area contributed by atoms with Crippen LogP contribution >= 0.6 is 0 Å². The zero-order valence-electron chi connectivity index (χ0n) is 80.4. The van der Waals surface area contributed by atoms with E-state index in [-0.39, 0.29) is 79.0 Å². The number of carbonyl (C=O) groups is 7. The molecule has 2 bridgehead atoms. The molecule has 2 saturated carbocycles. The molecule has 0 spiro atoms. The maximum Gasteiger partial charge on any atom is 0.329 e. The molecule has 31 nitrogen and oxygen atoms in total. The molecule has 2 saturated heterocycles. The van der Waals surface area contributed by atoms with Gasteiger partial charge < -0.3 is 96.9 Å². The molecule has 0 radical (unpaired) electrons. The smallest absolute Gasteiger partial charge is 0.329 e. The molecule has 15 atom stereocenters. The lowest BCUT2D eigenvalue weighted by Gasteiger charge is -2.42. The fourth-order valence-corrected chi connectivity index (χ4v) is 17.6. The highest BCUT2D eigenvalue weighted by molar-refractivity contribution is 6.39. The molecule has 3 aromatic heterocycles. The average Bonchev–Trinajstić information content (AvgIpc) is 1.56. The zero-order valence-corrected chi connectivity index (χ0v) is 80.4. The molecule has 5 aliphatic rings. The lowest BCUT2D eigenvalue weighted by atomic mass is 9.78. The van der Waals surface area contributed by atoms with Gasteiger partial charge in [0, 0.05) is 135 Å². The van der Waals surface area contributed by atoms with Crippen LogP contribution in [0.1, 0.15) is 221 Å². The molecule has 4 fully saturated rings. The number of fused-ring (bicyclic) bond motifs is 5. The van der Waals surface area contributed by atoms with Crippen LogP contribution in [0.2, 0.25) is 0 Å². The van der Waals surface area contributed by atoms with E-state index in [1.807, 2.05) is 62.6 Å². The van der Waals surface area contributed by atoms with Crippen LogP contribution in [0.5, 0.6) is 0 Å². The average molecular weight is 1830 g/mol. The van der Waals surface area contributed by atoms with E-state index in [1.165, 1.54) is 23.9 Å². The van der Waals surface area contributed by atoms with Gasteiger partial charge in [0.25, 0.3) is 11.7 Å². The number of benzene rings is 1. The van der Waals surface area contributed by atoms with Gasteiger partial charge in [-0.15, -0.1) is 0 Å². The number of allylic oxidation sites excluding steroid dienone is 6. The Morgan fingerprint density at radius 3 is 1.95 bits per heavy atom. The number of hydrogen-bond acceptors (Lipinski definition) is 28. The van der Waals surface area contributed by atoms with Crippen molar-refractivity contribution in [2.24, 2.45) is 41.4 Å². The van der Waals surface area contributed by atoms with Gasteiger partial charge in [0.1, 0.15) is 65.4 Å². The highest BCUT2D eigenvalue weighted by Crippen LogP contribution is 2.42. The normalized spacial score (nSPS) is 27.7. The largest absolute Gasteiger partial charge is 0.460 e. The van der Waals surface area contributed by atoms with Crippen molar-refractivity contribution in [3.8, 4) is 11.4 Å². The minimum Gasteiger partial charge on any atom is -0.460 e. The van der Waals surface area contributed by atoms with Crippen molar-refractivity contribution in [2.45, 2.75) is 271 Å². The number of carbonyl (C=O) groups excluding carboxylic acids is 7. The van der Waals surface area contributed by atoms with Gasteiger partial charge in [0.2, 0.25) is 5.79 Å². The summed E-state index contributed by atoms with van der Waals surface area (Å²) in [4.78, 5) is 111. The van der Waals surface area contributed by atoms with E-state index in [9.17, 15) is 43.8 Å². The van der Waals surface area contributed by atoms with Gasteiger partial charge in [-0.1, -0.05) is 103 Å². The van der Waals surface area contributed by atoms with E-state index in [1.54, 1.807) is 55.3 Å². The van der Waals surface area contributed by atoms with E-state index in [0.717, 1.165) is 97.4 Å². The number of nitrogens with two attached hydrogens (primary N) is 1. The molecule has 130 heavy (non-hydrogen) atoms. The standard InChI is InChI=1S/C56H87NO15.C27H34N6O3.C16H34O6/c1-34-18-13-12-14-19-35(2)46(67-9)32-42-24-22-40(7)56(65,72-42)53(62)54(63)57-26-16-15-20-43(57)55(64)71-47(33-44(58)36(3)29-39(6)51(61)52(69-11)50(60)38(5)28-34)37(4)30-41-23-25-45(48(31-41)68-10)70-49(59)21-17-27-66-8;1-17-5-3-6-20-15-21(31-23(17)20)24-25-26(28)29-16-30-33(25)27(32-24)19-10-8-18(9-11-19)22(34)7-4-12-36-14-13-35-2;1-3-5-17-7-9-19-11-13-21-15-16-22-14-12-20-10-8-18-6-4-2/h12-14,18-19,29,34,36-38,40-43,45-48,51-52,61,65H,15-17,20-28,30-33H2,1-11H3;3,5-6,15-16,18-19,31H,4,7-14H2,1-2H3,(H2,28,29,30);3-16H2,1-2H3/b14-12+,18-13+,35-19+,39-29+;;/t34-,36-,37-,38-,40-,41+,42+,43+,45-,46+,47+,48-,51-,52+,56-;;/m1../s1. The number of ether oxygens (including phenoxy) is 15. The van der Waals surface area contributed by atoms with Crippen molar-refractivity contribution in [1.29, 1.82) is 0 Å². The van der Waals surface area contributed by atoms with Crippen LogP contribution in [-0.2, 0) is 105 Å². The Bertz CT molecular complexity index is 4160. The summed E-state index contributed by atoms with van der Waals surface area (Å²) in [5.74, 6) is -6.58. The number of imidazole rings is 1. The molecule has 730 valence electrons. The predicted molar refractivity (Wildman–Crippen MR) is 494 cm³/mol. The van der Waals surface area contributed by atoms with Crippen molar-refractivity contribution in [2.75, 3.05) is 154 Å². The van der Waals surface area contributed by atoms with E-state index in [0.29, 0.717) is 187 Å². The number of hydrogen-bond donors (Lipinski definition) is 4. The third-order valence-corrected chi connectivity index (χ3v) is 25.3. The number of Topliss-reactive ketones (excluding diaryl/α,β-unsaturated/α-hetero) is 4.